The first-order chi connectivity index (χ1) is 8.34. The molecular formula is C11H12FNO4S. The van der Waals surface area contributed by atoms with E-state index in [0.29, 0.717) is 0 Å². The van der Waals surface area contributed by atoms with Crippen LogP contribution in [0.5, 0.6) is 0 Å². The van der Waals surface area contributed by atoms with Gasteiger partial charge in [-0.3, -0.25) is 0 Å². The molecule has 0 radical (unpaired) electrons. The molecule has 0 unspecified atom stereocenters. The van der Waals surface area contributed by atoms with Gasteiger partial charge in [0.1, 0.15) is 10.7 Å². The number of carboxylic acid groups (broad SMARTS) is 1. The van der Waals surface area contributed by atoms with Crippen LogP contribution in [-0.4, -0.2) is 36.9 Å². The standard InChI is InChI=1S/C11H12FNO4S/c1-13(8-3-4-8)18(16,17)10-6-7(11(14)15)2-5-9(10)12/h2,5-6,8H,3-4H2,1H3,(H,14,15). The Bertz CT molecular complexity index is 595. The lowest BCUT2D eigenvalue weighted by Gasteiger charge is -2.17. The molecule has 0 aromatic heterocycles. The summed E-state index contributed by atoms with van der Waals surface area (Å²) in [7, 11) is -2.59. The Morgan fingerprint density at radius 2 is 2.06 bits per heavy atom. The number of hydrogen-bond acceptors (Lipinski definition) is 3. The van der Waals surface area contributed by atoms with Crippen LogP contribution in [0.25, 0.3) is 0 Å². The molecule has 0 bridgehead atoms. The Kier molecular flexibility index (Phi) is 3.12. The molecule has 1 aliphatic carbocycles. The smallest absolute Gasteiger partial charge is 0.335 e. The highest BCUT2D eigenvalue weighted by atomic mass is 32.2. The number of hydrogen-bond donors (Lipinski definition) is 1. The fraction of sp³-hybridized carbons (Fsp3) is 0.364. The normalized spacial score (nSPS) is 15.9. The first kappa shape index (κ1) is 13.0. The largest absolute Gasteiger partial charge is 0.478 e. The minimum absolute atomic E-state index is 0.108. The predicted molar refractivity (Wildman–Crippen MR) is 61.3 cm³/mol. The molecule has 0 saturated heterocycles. The van der Waals surface area contributed by atoms with Crippen molar-refractivity contribution in [1.82, 2.24) is 4.31 Å². The summed E-state index contributed by atoms with van der Waals surface area (Å²) in [6.45, 7) is 0. The molecule has 0 aliphatic heterocycles. The maximum atomic E-state index is 13.6. The van der Waals surface area contributed by atoms with Crippen LogP contribution in [0, 0.1) is 5.82 Å². The van der Waals surface area contributed by atoms with E-state index in [0.717, 1.165) is 35.3 Å². The van der Waals surface area contributed by atoms with Crippen LogP contribution in [0.15, 0.2) is 23.1 Å². The number of aromatic carboxylic acids is 1. The molecule has 1 aromatic rings. The third-order valence-corrected chi connectivity index (χ3v) is 4.82. The van der Waals surface area contributed by atoms with E-state index >= 15 is 0 Å². The summed E-state index contributed by atoms with van der Waals surface area (Å²) in [4.78, 5) is 10.2. The van der Waals surface area contributed by atoms with Gasteiger partial charge in [0.05, 0.1) is 5.56 Å². The fourth-order valence-electron chi connectivity index (χ4n) is 1.62. The van der Waals surface area contributed by atoms with E-state index in [-0.39, 0.29) is 11.6 Å². The van der Waals surface area contributed by atoms with Gasteiger partial charge in [-0.25, -0.2) is 17.6 Å². The topological polar surface area (TPSA) is 74.7 Å². The van der Waals surface area contributed by atoms with Gasteiger partial charge in [-0.05, 0) is 31.0 Å². The van der Waals surface area contributed by atoms with Crippen LogP contribution >= 0.6 is 0 Å². The monoisotopic (exact) mass is 273 g/mol. The van der Waals surface area contributed by atoms with Crippen molar-refractivity contribution in [2.75, 3.05) is 7.05 Å². The predicted octanol–water partition coefficient (Wildman–Crippen LogP) is 1.31. The van der Waals surface area contributed by atoms with Crippen molar-refractivity contribution in [3.05, 3.63) is 29.6 Å². The van der Waals surface area contributed by atoms with Crippen LogP contribution in [0.1, 0.15) is 23.2 Å². The number of carboxylic acids is 1. The number of rotatable bonds is 4. The molecule has 18 heavy (non-hydrogen) atoms. The van der Waals surface area contributed by atoms with Gasteiger partial charge in [-0.2, -0.15) is 4.31 Å². The van der Waals surface area contributed by atoms with Crippen LogP contribution in [-0.2, 0) is 10.0 Å². The van der Waals surface area contributed by atoms with Crippen molar-refractivity contribution in [2.45, 2.75) is 23.8 Å². The van der Waals surface area contributed by atoms with E-state index in [1.165, 1.54) is 7.05 Å². The maximum absolute atomic E-state index is 13.6. The highest BCUT2D eigenvalue weighted by molar-refractivity contribution is 7.89. The van der Waals surface area contributed by atoms with E-state index in [1.54, 1.807) is 0 Å². The molecule has 1 N–H and O–H groups in total. The highest BCUT2D eigenvalue weighted by Gasteiger charge is 2.36. The third kappa shape index (κ3) is 2.23. The fourth-order valence-corrected chi connectivity index (χ4v) is 3.13. The van der Waals surface area contributed by atoms with Gasteiger partial charge in [0.25, 0.3) is 0 Å². The van der Waals surface area contributed by atoms with Gasteiger partial charge in [-0.1, -0.05) is 0 Å². The number of nitrogens with zero attached hydrogens (tertiary/aromatic N) is 1. The zero-order valence-electron chi connectivity index (χ0n) is 9.63. The van der Waals surface area contributed by atoms with Gasteiger partial charge < -0.3 is 5.11 Å². The molecule has 5 nitrogen and oxygen atoms in total. The molecular weight excluding hydrogens is 261 g/mol. The molecule has 1 saturated carbocycles. The Morgan fingerprint density at radius 3 is 2.56 bits per heavy atom. The second kappa shape index (κ2) is 4.33. The molecule has 7 heteroatoms. The molecule has 0 spiro atoms. The molecule has 1 aromatic carbocycles. The summed E-state index contributed by atoms with van der Waals surface area (Å²) < 4.78 is 38.9. The minimum Gasteiger partial charge on any atom is -0.478 e. The summed E-state index contributed by atoms with van der Waals surface area (Å²) >= 11 is 0. The summed E-state index contributed by atoms with van der Waals surface area (Å²) in [5.41, 5.74) is -0.251. The zero-order chi connectivity index (χ0) is 13.5. The Balaban J connectivity index is 2.48. The maximum Gasteiger partial charge on any atom is 0.335 e. The van der Waals surface area contributed by atoms with E-state index in [1.807, 2.05) is 0 Å². The first-order valence-electron chi connectivity index (χ1n) is 5.35. The Labute approximate surface area is 104 Å². The summed E-state index contributed by atoms with van der Waals surface area (Å²) in [5, 5.41) is 8.80. The summed E-state index contributed by atoms with van der Waals surface area (Å²) in [6, 6.07) is 2.64. The third-order valence-electron chi connectivity index (χ3n) is 2.90. The van der Waals surface area contributed by atoms with Gasteiger partial charge >= 0.3 is 5.97 Å². The van der Waals surface area contributed by atoms with Crippen LogP contribution < -0.4 is 0 Å². The molecule has 0 atom stereocenters. The number of halogens is 1. The van der Waals surface area contributed by atoms with E-state index < -0.39 is 26.7 Å². The molecule has 2 rings (SSSR count). The van der Waals surface area contributed by atoms with Crippen molar-refractivity contribution in [1.29, 1.82) is 0 Å². The highest BCUT2D eigenvalue weighted by Crippen LogP contribution is 2.31. The van der Waals surface area contributed by atoms with Crippen molar-refractivity contribution in [2.24, 2.45) is 0 Å². The number of sulfonamides is 1. The zero-order valence-corrected chi connectivity index (χ0v) is 10.4. The van der Waals surface area contributed by atoms with Crippen molar-refractivity contribution >= 4 is 16.0 Å². The second-order valence-corrected chi connectivity index (χ2v) is 6.17. The van der Waals surface area contributed by atoms with E-state index in [9.17, 15) is 17.6 Å². The Hall–Kier alpha value is -1.47. The lowest BCUT2D eigenvalue weighted by Crippen LogP contribution is -2.29. The molecule has 0 heterocycles. The molecule has 0 amide bonds. The van der Waals surface area contributed by atoms with Gasteiger partial charge in [0.2, 0.25) is 10.0 Å². The second-order valence-electron chi connectivity index (χ2n) is 4.20. The van der Waals surface area contributed by atoms with Crippen molar-refractivity contribution in [3.8, 4) is 0 Å². The molecule has 1 fully saturated rings. The number of benzene rings is 1. The SMILES string of the molecule is CN(C1CC1)S(=O)(=O)c1cc(C(=O)O)ccc1F. The first-order valence-corrected chi connectivity index (χ1v) is 6.79. The van der Waals surface area contributed by atoms with Crippen molar-refractivity contribution in [3.63, 3.8) is 0 Å². The lowest BCUT2D eigenvalue weighted by atomic mass is 10.2. The van der Waals surface area contributed by atoms with Crippen LogP contribution in [0.2, 0.25) is 0 Å². The van der Waals surface area contributed by atoms with Crippen molar-refractivity contribution < 1.29 is 22.7 Å². The van der Waals surface area contributed by atoms with E-state index in [2.05, 4.69) is 0 Å². The van der Waals surface area contributed by atoms with Gasteiger partial charge in [0, 0.05) is 13.1 Å². The minimum atomic E-state index is -3.97. The molecule has 98 valence electrons. The van der Waals surface area contributed by atoms with Gasteiger partial charge in [0.15, 0.2) is 0 Å². The average Bonchev–Trinajstić information content (AvgIpc) is 3.11. The Morgan fingerprint density at radius 1 is 1.44 bits per heavy atom. The lowest BCUT2D eigenvalue weighted by molar-refractivity contribution is 0.0696. The summed E-state index contributed by atoms with van der Waals surface area (Å²) in [5.74, 6) is -2.23. The number of carbonyl (C=O) groups is 1. The van der Waals surface area contributed by atoms with Crippen LogP contribution in [0.4, 0.5) is 4.39 Å². The summed E-state index contributed by atoms with van der Waals surface area (Å²) in [6.07, 6.45) is 1.49. The van der Waals surface area contributed by atoms with Crippen LogP contribution in [0.3, 0.4) is 0 Å². The quantitative estimate of drug-likeness (QED) is 0.897. The van der Waals surface area contributed by atoms with Gasteiger partial charge in [-0.15, -0.1) is 0 Å². The average molecular weight is 273 g/mol. The molecule has 1 aliphatic rings. The van der Waals surface area contributed by atoms with E-state index in [4.69, 9.17) is 5.11 Å².